The van der Waals surface area contributed by atoms with Crippen LogP contribution in [0, 0.1) is 0 Å². The Morgan fingerprint density at radius 3 is 2.16 bits per heavy atom. The Labute approximate surface area is 189 Å². The van der Waals surface area contributed by atoms with Gasteiger partial charge in [-0.05, 0) is 36.8 Å². The van der Waals surface area contributed by atoms with Crippen LogP contribution in [0.3, 0.4) is 0 Å². The maximum Gasteiger partial charge on any atom is 0.253 e. The standard InChI is InChI=1S/C22H27NO8S/c1-13(24)22(25)23-17-10-14(12-32(26)27)16(11-19(17)29-3)21(31-5)20(30-4)15-8-6-7-9-18(15)28-2/h6-11,13,24H,12H2,1-5H3,(H,23,25)(H,26,27)/p-1. The van der Waals surface area contributed by atoms with Crippen molar-refractivity contribution in [2.75, 3.05) is 33.8 Å². The van der Waals surface area contributed by atoms with Crippen LogP contribution in [0.1, 0.15) is 23.6 Å². The predicted octanol–water partition coefficient (Wildman–Crippen LogP) is 2.52. The molecule has 0 radical (unpaired) electrons. The van der Waals surface area contributed by atoms with Crippen LogP contribution < -0.4 is 14.8 Å². The summed E-state index contributed by atoms with van der Waals surface area (Å²) in [4.78, 5) is 12.0. The summed E-state index contributed by atoms with van der Waals surface area (Å²) < 4.78 is 45.2. The third-order valence-electron chi connectivity index (χ3n) is 4.55. The zero-order valence-electron chi connectivity index (χ0n) is 18.5. The van der Waals surface area contributed by atoms with Crippen LogP contribution >= 0.6 is 0 Å². The van der Waals surface area contributed by atoms with Crippen molar-refractivity contribution in [1.82, 2.24) is 0 Å². The van der Waals surface area contributed by atoms with Gasteiger partial charge in [-0.25, -0.2) is 0 Å². The number of hydrogen-bond acceptors (Lipinski definition) is 8. The molecule has 0 fully saturated rings. The van der Waals surface area contributed by atoms with Gasteiger partial charge in [0, 0.05) is 11.3 Å². The summed E-state index contributed by atoms with van der Waals surface area (Å²) in [5.41, 5.74) is 1.50. The van der Waals surface area contributed by atoms with E-state index in [4.69, 9.17) is 18.9 Å². The van der Waals surface area contributed by atoms with Gasteiger partial charge in [0.15, 0.2) is 11.5 Å². The quantitative estimate of drug-likeness (QED) is 0.312. The number of para-hydroxylation sites is 1. The molecule has 0 saturated carbocycles. The molecule has 0 aliphatic heterocycles. The number of hydrogen-bond donors (Lipinski definition) is 2. The van der Waals surface area contributed by atoms with Gasteiger partial charge in [0.25, 0.3) is 5.91 Å². The number of carbonyl (C=O) groups excluding carboxylic acids is 1. The molecule has 2 aromatic rings. The summed E-state index contributed by atoms with van der Waals surface area (Å²) in [5, 5.41) is 12.0. The fraction of sp³-hybridized carbons (Fsp3) is 0.318. The molecule has 2 rings (SSSR count). The second-order valence-corrected chi connectivity index (χ2v) is 7.49. The molecule has 0 aromatic heterocycles. The molecule has 0 saturated heterocycles. The molecule has 2 aromatic carbocycles. The van der Waals surface area contributed by atoms with Gasteiger partial charge in [0.05, 0.1) is 39.7 Å². The molecule has 0 spiro atoms. The fourth-order valence-corrected chi connectivity index (χ4v) is 3.56. The summed E-state index contributed by atoms with van der Waals surface area (Å²) in [6.07, 6.45) is -1.27. The van der Waals surface area contributed by atoms with Crippen LogP contribution in [0.2, 0.25) is 0 Å². The number of methoxy groups -OCH3 is 4. The molecule has 0 aliphatic rings. The third-order valence-corrected chi connectivity index (χ3v) is 5.09. The van der Waals surface area contributed by atoms with E-state index >= 15 is 0 Å². The Balaban J connectivity index is 2.79. The number of ether oxygens (including phenoxy) is 4. The number of anilines is 1. The number of aliphatic hydroxyl groups excluding tert-OH is 1. The topological polar surface area (TPSA) is 126 Å². The molecule has 9 nitrogen and oxygen atoms in total. The number of aliphatic hydroxyl groups is 1. The van der Waals surface area contributed by atoms with Crippen molar-refractivity contribution >= 4 is 34.2 Å². The Morgan fingerprint density at radius 2 is 1.62 bits per heavy atom. The van der Waals surface area contributed by atoms with E-state index in [2.05, 4.69) is 5.32 Å². The first-order valence-corrected chi connectivity index (χ1v) is 10.7. The summed E-state index contributed by atoms with van der Waals surface area (Å²) in [6.45, 7) is 1.31. The minimum absolute atomic E-state index is 0.203. The van der Waals surface area contributed by atoms with Gasteiger partial charge in [-0.15, -0.1) is 0 Å². The summed E-state index contributed by atoms with van der Waals surface area (Å²) in [7, 11) is 5.81. The lowest BCUT2D eigenvalue weighted by atomic mass is 10.0. The van der Waals surface area contributed by atoms with Crippen LogP contribution in [0.4, 0.5) is 5.69 Å². The van der Waals surface area contributed by atoms with E-state index in [1.807, 2.05) is 0 Å². The van der Waals surface area contributed by atoms with Crippen molar-refractivity contribution < 1.29 is 37.6 Å². The summed E-state index contributed by atoms with van der Waals surface area (Å²) >= 11 is -2.45. The third kappa shape index (κ3) is 5.78. The van der Waals surface area contributed by atoms with Gasteiger partial charge in [-0.2, -0.15) is 0 Å². The predicted molar refractivity (Wildman–Crippen MR) is 120 cm³/mol. The van der Waals surface area contributed by atoms with Gasteiger partial charge >= 0.3 is 0 Å². The number of nitrogens with one attached hydrogen (secondary N) is 1. The van der Waals surface area contributed by atoms with E-state index < -0.39 is 23.1 Å². The molecule has 10 heteroatoms. The zero-order valence-corrected chi connectivity index (χ0v) is 19.3. The lowest BCUT2D eigenvalue weighted by Gasteiger charge is -2.21. The molecule has 2 N–H and O–H groups in total. The highest BCUT2D eigenvalue weighted by atomic mass is 32.2. The average Bonchev–Trinajstić information content (AvgIpc) is 2.77. The van der Waals surface area contributed by atoms with Crippen LogP contribution in [0.5, 0.6) is 11.5 Å². The van der Waals surface area contributed by atoms with E-state index in [-0.39, 0.29) is 22.9 Å². The first-order chi connectivity index (χ1) is 15.3. The van der Waals surface area contributed by atoms with Gasteiger partial charge in [0.2, 0.25) is 0 Å². The van der Waals surface area contributed by atoms with Crippen molar-refractivity contribution in [1.29, 1.82) is 0 Å². The van der Waals surface area contributed by atoms with Crippen molar-refractivity contribution in [3.8, 4) is 11.5 Å². The molecular formula is C22H26NO8S-. The van der Waals surface area contributed by atoms with E-state index in [0.29, 0.717) is 28.2 Å². The average molecular weight is 465 g/mol. The summed E-state index contributed by atoms with van der Waals surface area (Å²) in [5.74, 6) is 0.279. The summed E-state index contributed by atoms with van der Waals surface area (Å²) in [6, 6.07) is 10.1. The molecule has 32 heavy (non-hydrogen) atoms. The Hall–Kier alpha value is -3.08. The largest absolute Gasteiger partial charge is 0.772 e. The lowest BCUT2D eigenvalue weighted by molar-refractivity contribution is -0.123. The molecule has 2 atom stereocenters. The number of benzene rings is 2. The maximum atomic E-state index is 12.0. The van der Waals surface area contributed by atoms with Gasteiger partial charge in [-0.3, -0.25) is 9.00 Å². The minimum Gasteiger partial charge on any atom is -0.772 e. The SMILES string of the molecule is COC(=C(OC)c1ccccc1OC)c1cc(OC)c(NC(=O)C(C)O)cc1CS(=O)[O-]. The highest BCUT2D eigenvalue weighted by Gasteiger charge is 2.23. The van der Waals surface area contributed by atoms with E-state index in [0.717, 1.165) is 0 Å². The first-order valence-electron chi connectivity index (χ1n) is 9.49. The van der Waals surface area contributed by atoms with Crippen LogP contribution in [0.25, 0.3) is 11.5 Å². The molecular weight excluding hydrogens is 438 g/mol. The Kier molecular flexibility index (Phi) is 9.06. The highest BCUT2D eigenvalue weighted by Crippen LogP contribution is 2.38. The zero-order chi connectivity index (χ0) is 23.8. The molecule has 2 unspecified atom stereocenters. The molecule has 0 heterocycles. The molecule has 1 amide bonds. The number of carbonyl (C=O) groups is 1. The van der Waals surface area contributed by atoms with E-state index in [9.17, 15) is 18.7 Å². The first kappa shape index (κ1) is 25.2. The Bertz CT molecular complexity index is 1020. The van der Waals surface area contributed by atoms with Gasteiger partial charge < -0.3 is 33.9 Å². The van der Waals surface area contributed by atoms with Crippen LogP contribution in [0.15, 0.2) is 36.4 Å². The highest BCUT2D eigenvalue weighted by molar-refractivity contribution is 7.78. The molecule has 0 aliphatic carbocycles. The maximum absolute atomic E-state index is 12.0. The van der Waals surface area contributed by atoms with Crippen molar-refractivity contribution in [2.45, 2.75) is 18.8 Å². The monoisotopic (exact) mass is 464 g/mol. The minimum atomic E-state index is -2.45. The number of amides is 1. The normalized spacial score (nSPS) is 13.5. The van der Waals surface area contributed by atoms with E-state index in [1.165, 1.54) is 47.5 Å². The lowest BCUT2D eigenvalue weighted by Crippen LogP contribution is -2.25. The van der Waals surface area contributed by atoms with Gasteiger partial charge in [-0.1, -0.05) is 23.2 Å². The Morgan fingerprint density at radius 1 is 1.03 bits per heavy atom. The smallest absolute Gasteiger partial charge is 0.253 e. The molecule has 174 valence electrons. The fourth-order valence-electron chi connectivity index (χ4n) is 3.07. The molecule has 0 bridgehead atoms. The van der Waals surface area contributed by atoms with Gasteiger partial charge in [0.1, 0.15) is 17.6 Å². The van der Waals surface area contributed by atoms with Crippen molar-refractivity contribution in [3.05, 3.63) is 53.1 Å². The van der Waals surface area contributed by atoms with E-state index in [1.54, 1.807) is 24.3 Å². The second kappa shape index (κ2) is 11.5. The van der Waals surface area contributed by atoms with Crippen LogP contribution in [-0.2, 0) is 31.1 Å². The van der Waals surface area contributed by atoms with Crippen molar-refractivity contribution in [2.24, 2.45) is 0 Å². The van der Waals surface area contributed by atoms with Crippen LogP contribution in [-0.4, -0.2) is 54.3 Å². The second-order valence-electron chi connectivity index (χ2n) is 6.59. The number of rotatable bonds is 10. The van der Waals surface area contributed by atoms with Crippen molar-refractivity contribution in [3.63, 3.8) is 0 Å².